The Morgan fingerprint density at radius 1 is 1.55 bits per heavy atom. The van der Waals surface area contributed by atoms with E-state index in [4.69, 9.17) is 9.84 Å². The second-order valence-corrected chi connectivity index (χ2v) is 2.19. The van der Waals surface area contributed by atoms with Crippen molar-refractivity contribution in [2.45, 2.75) is 19.3 Å². The fraction of sp³-hybridized carbons (Fsp3) is 0.625. The summed E-state index contributed by atoms with van der Waals surface area (Å²) in [7, 11) is 0. The van der Waals surface area contributed by atoms with E-state index in [1.54, 1.807) is 6.08 Å². The molecule has 0 aliphatic heterocycles. The number of rotatable bonds is 7. The van der Waals surface area contributed by atoms with Crippen LogP contribution in [0.3, 0.4) is 0 Å². The number of ether oxygens (including phenoxy) is 1. The van der Waals surface area contributed by atoms with E-state index >= 15 is 0 Å². The molecule has 3 heteroatoms. The van der Waals surface area contributed by atoms with Crippen molar-refractivity contribution < 1.29 is 14.6 Å². The van der Waals surface area contributed by atoms with Crippen molar-refractivity contribution in [2.24, 2.45) is 0 Å². The first-order valence-electron chi connectivity index (χ1n) is 3.68. The standard InChI is InChI=1S/C8H14O3/c1-2-3-6-11-7-4-5-8(9)10/h2H,1,3-7H2,(H,9,10). The largest absolute Gasteiger partial charge is 0.481 e. The smallest absolute Gasteiger partial charge is 0.303 e. The highest BCUT2D eigenvalue weighted by Gasteiger charge is 1.94. The van der Waals surface area contributed by atoms with E-state index in [2.05, 4.69) is 6.58 Å². The topological polar surface area (TPSA) is 46.5 Å². The Bertz CT molecular complexity index is 121. The lowest BCUT2D eigenvalue weighted by Crippen LogP contribution is -2.00. The maximum absolute atomic E-state index is 10.0. The minimum atomic E-state index is -0.766. The van der Waals surface area contributed by atoms with Gasteiger partial charge in [-0.05, 0) is 12.8 Å². The summed E-state index contributed by atoms with van der Waals surface area (Å²) in [5.41, 5.74) is 0. The summed E-state index contributed by atoms with van der Waals surface area (Å²) in [5, 5.41) is 8.24. The van der Waals surface area contributed by atoms with Gasteiger partial charge in [0, 0.05) is 19.6 Å². The van der Waals surface area contributed by atoms with Gasteiger partial charge in [0.2, 0.25) is 0 Å². The van der Waals surface area contributed by atoms with E-state index in [1.807, 2.05) is 0 Å². The minimum absolute atomic E-state index is 0.189. The molecule has 0 unspecified atom stereocenters. The molecule has 64 valence electrons. The SMILES string of the molecule is C=CCCOCCCC(=O)O. The summed E-state index contributed by atoms with van der Waals surface area (Å²) < 4.78 is 5.09. The van der Waals surface area contributed by atoms with Crippen LogP contribution in [-0.4, -0.2) is 24.3 Å². The third-order valence-electron chi connectivity index (χ3n) is 1.15. The van der Waals surface area contributed by atoms with E-state index in [0.717, 1.165) is 6.42 Å². The van der Waals surface area contributed by atoms with Gasteiger partial charge in [0.25, 0.3) is 0 Å². The molecule has 0 atom stereocenters. The third kappa shape index (κ3) is 9.17. The predicted molar refractivity (Wildman–Crippen MR) is 42.5 cm³/mol. The predicted octanol–water partition coefficient (Wildman–Crippen LogP) is 1.44. The zero-order valence-corrected chi connectivity index (χ0v) is 6.58. The highest BCUT2D eigenvalue weighted by Crippen LogP contribution is 1.91. The molecule has 11 heavy (non-hydrogen) atoms. The van der Waals surface area contributed by atoms with Crippen LogP contribution in [0.2, 0.25) is 0 Å². The quantitative estimate of drug-likeness (QED) is 0.450. The second kappa shape index (κ2) is 7.28. The summed E-state index contributed by atoms with van der Waals surface area (Å²) in [6, 6.07) is 0. The van der Waals surface area contributed by atoms with Gasteiger partial charge in [0.1, 0.15) is 0 Å². The van der Waals surface area contributed by atoms with Gasteiger partial charge in [-0.15, -0.1) is 6.58 Å². The van der Waals surface area contributed by atoms with Crippen molar-refractivity contribution in [3.05, 3.63) is 12.7 Å². The van der Waals surface area contributed by atoms with E-state index < -0.39 is 5.97 Å². The molecule has 0 aliphatic carbocycles. The molecule has 0 rings (SSSR count). The number of hydrogen-bond donors (Lipinski definition) is 1. The molecule has 0 aliphatic rings. The number of aliphatic carboxylic acids is 1. The molecule has 0 saturated heterocycles. The fourth-order valence-electron chi connectivity index (χ4n) is 0.594. The first-order valence-corrected chi connectivity index (χ1v) is 3.68. The Kier molecular flexibility index (Phi) is 6.73. The first kappa shape index (κ1) is 10.2. The van der Waals surface area contributed by atoms with Crippen LogP contribution in [0.5, 0.6) is 0 Å². The van der Waals surface area contributed by atoms with Gasteiger partial charge >= 0.3 is 5.97 Å². The van der Waals surface area contributed by atoms with Crippen LogP contribution < -0.4 is 0 Å². The van der Waals surface area contributed by atoms with Crippen molar-refractivity contribution in [1.29, 1.82) is 0 Å². The van der Waals surface area contributed by atoms with Gasteiger partial charge in [-0.2, -0.15) is 0 Å². The summed E-state index contributed by atoms with van der Waals surface area (Å²) in [6.45, 7) is 4.70. The monoisotopic (exact) mass is 158 g/mol. The maximum atomic E-state index is 10.0. The van der Waals surface area contributed by atoms with Crippen molar-refractivity contribution in [3.8, 4) is 0 Å². The van der Waals surface area contributed by atoms with Gasteiger partial charge in [-0.1, -0.05) is 6.08 Å². The molecule has 3 nitrogen and oxygen atoms in total. The van der Waals surface area contributed by atoms with E-state index in [1.165, 1.54) is 0 Å². The number of carbonyl (C=O) groups is 1. The number of carboxylic acids is 1. The van der Waals surface area contributed by atoms with Gasteiger partial charge < -0.3 is 9.84 Å². The van der Waals surface area contributed by atoms with Gasteiger partial charge in [-0.3, -0.25) is 4.79 Å². The van der Waals surface area contributed by atoms with Crippen LogP contribution in [0.1, 0.15) is 19.3 Å². The van der Waals surface area contributed by atoms with Gasteiger partial charge in [0.15, 0.2) is 0 Å². The lowest BCUT2D eigenvalue weighted by molar-refractivity contribution is -0.137. The highest BCUT2D eigenvalue weighted by atomic mass is 16.5. The van der Waals surface area contributed by atoms with Crippen LogP contribution >= 0.6 is 0 Å². The molecule has 0 spiro atoms. The molecule has 1 N–H and O–H groups in total. The fourth-order valence-corrected chi connectivity index (χ4v) is 0.594. The summed E-state index contributed by atoms with van der Waals surface area (Å²) in [5.74, 6) is -0.766. The molecular weight excluding hydrogens is 144 g/mol. The zero-order chi connectivity index (χ0) is 8.53. The molecule has 0 fully saturated rings. The maximum Gasteiger partial charge on any atom is 0.303 e. The minimum Gasteiger partial charge on any atom is -0.481 e. The Balaban J connectivity index is 2.90. The van der Waals surface area contributed by atoms with Crippen molar-refractivity contribution in [1.82, 2.24) is 0 Å². The van der Waals surface area contributed by atoms with Crippen molar-refractivity contribution in [2.75, 3.05) is 13.2 Å². The summed E-state index contributed by atoms with van der Waals surface area (Å²) in [6.07, 6.45) is 3.38. The zero-order valence-electron chi connectivity index (χ0n) is 6.58. The molecule has 0 saturated carbocycles. The molecule has 0 radical (unpaired) electrons. The lowest BCUT2D eigenvalue weighted by Gasteiger charge is -1.99. The molecule has 0 bridgehead atoms. The van der Waals surface area contributed by atoms with E-state index in [-0.39, 0.29) is 6.42 Å². The van der Waals surface area contributed by atoms with Crippen LogP contribution in [0.15, 0.2) is 12.7 Å². The van der Waals surface area contributed by atoms with E-state index in [9.17, 15) is 4.79 Å². The molecular formula is C8H14O3. The molecule has 0 aromatic heterocycles. The van der Waals surface area contributed by atoms with Crippen LogP contribution in [0, 0.1) is 0 Å². The second-order valence-electron chi connectivity index (χ2n) is 2.19. The van der Waals surface area contributed by atoms with Crippen LogP contribution in [0.25, 0.3) is 0 Å². The van der Waals surface area contributed by atoms with E-state index in [0.29, 0.717) is 19.6 Å². The normalized spacial score (nSPS) is 9.45. The summed E-state index contributed by atoms with van der Waals surface area (Å²) in [4.78, 5) is 10.0. The third-order valence-corrected chi connectivity index (χ3v) is 1.15. The molecule has 0 heterocycles. The Labute approximate surface area is 66.7 Å². The Hall–Kier alpha value is -0.830. The average molecular weight is 158 g/mol. The molecule has 0 aromatic carbocycles. The highest BCUT2D eigenvalue weighted by molar-refractivity contribution is 5.66. The first-order chi connectivity index (χ1) is 5.27. The van der Waals surface area contributed by atoms with Gasteiger partial charge in [-0.25, -0.2) is 0 Å². The number of hydrogen-bond acceptors (Lipinski definition) is 2. The summed E-state index contributed by atoms with van der Waals surface area (Å²) >= 11 is 0. The van der Waals surface area contributed by atoms with Crippen LogP contribution in [-0.2, 0) is 9.53 Å². The lowest BCUT2D eigenvalue weighted by atomic mass is 10.3. The Morgan fingerprint density at radius 3 is 2.82 bits per heavy atom. The van der Waals surface area contributed by atoms with Gasteiger partial charge in [0.05, 0.1) is 0 Å². The average Bonchev–Trinajstić information content (AvgIpc) is 1.96. The number of carboxylic acid groups (broad SMARTS) is 1. The van der Waals surface area contributed by atoms with Crippen molar-refractivity contribution >= 4 is 5.97 Å². The Morgan fingerprint density at radius 2 is 2.27 bits per heavy atom. The molecule has 0 aromatic rings. The molecule has 0 amide bonds. The van der Waals surface area contributed by atoms with Crippen LogP contribution in [0.4, 0.5) is 0 Å². The van der Waals surface area contributed by atoms with Crippen molar-refractivity contribution in [3.63, 3.8) is 0 Å².